The largest absolute Gasteiger partial charge is 0.451 e. The summed E-state index contributed by atoms with van der Waals surface area (Å²) in [6.45, 7) is 1.40. The van der Waals surface area contributed by atoms with Crippen LogP contribution >= 0.6 is 0 Å². The molecule has 1 amide bonds. The predicted octanol–water partition coefficient (Wildman–Crippen LogP) is 1.96. The molecule has 2 N–H and O–H groups in total. The van der Waals surface area contributed by atoms with Gasteiger partial charge in [0.1, 0.15) is 0 Å². The summed E-state index contributed by atoms with van der Waals surface area (Å²) in [7, 11) is 0. The zero-order valence-corrected chi connectivity index (χ0v) is 14.1. The second-order valence-corrected chi connectivity index (χ2v) is 5.72. The summed E-state index contributed by atoms with van der Waals surface area (Å²) in [6, 6.07) is 15.8. The summed E-state index contributed by atoms with van der Waals surface area (Å²) >= 11 is 0. The number of nitrogens with zero attached hydrogens (tertiary/aromatic N) is 1. The second-order valence-electron chi connectivity index (χ2n) is 5.72. The molecule has 0 aliphatic carbocycles. The maximum Gasteiger partial charge on any atom is 0.359 e. The van der Waals surface area contributed by atoms with Crippen LogP contribution in [0.5, 0.6) is 0 Å². The Balaban J connectivity index is 1.65. The molecule has 7 heteroatoms. The lowest BCUT2D eigenvalue weighted by Gasteiger charge is -2.14. The number of rotatable bonds is 5. The molecule has 0 saturated carbocycles. The number of carbonyl (C=O) groups excluding carboxylic acids is 2. The molecule has 0 saturated heterocycles. The molecule has 7 nitrogen and oxygen atoms in total. The van der Waals surface area contributed by atoms with Crippen LogP contribution in [-0.4, -0.2) is 28.7 Å². The van der Waals surface area contributed by atoms with Crippen molar-refractivity contribution in [2.24, 2.45) is 0 Å². The third kappa shape index (κ3) is 3.77. The summed E-state index contributed by atoms with van der Waals surface area (Å²) in [6.07, 6.45) is 0. The van der Waals surface area contributed by atoms with Crippen molar-refractivity contribution in [1.82, 2.24) is 15.5 Å². The Morgan fingerprint density at radius 3 is 2.46 bits per heavy atom. The molecule has 3 aromatic rings. The van der Waals surface area contributed by atoms with Gasteiger partial charge in [0.2, 0.25) is 0 Å². The first-order valence-corrected chi connectivity index (χ1v) is 8.05. The molecule has 1 atom stereocenters. The van der Waals surface area contributed by atoms with Crippen molar-refractivity contribution in [2.75, 3.05) is 6.61 Å². The highest BCUT2D eigenvalue weighted by Gasteiger charge is 2.17. The Bertz CT molecular complexity index is 998. The normalized spacial score (nSPS) is 11.7. The lowest BCUT2D eigenvalue weighted by molar-refractivity contribution is -0.124. The van der Waals surface area contributed by atoms with Crippen molar-refractivity contribution in [3.63, 3.8) is 0 Å². The van der Waals surface area contributed by atoms with Crippen molar-refractivity contribution in [3.05, 3.63) is 76.2 Å². The molecule has 0 aliphatic heterocycles. The van der Waals surface area contributed by atoms with E-state index in [4.69, 9.17) is 4.74 Å². The Hall–Kier alpha value is -3.48. The van der Waals surface area contributed by atoms with E-state index in [1.165, 1.54) is 0 Å². The fourth-order valence-corrected chi connectivity index (χ4v) is 2.58. The molecular weight excluding hydrogens is 334 g/mol. The van der Waals surface area contributed by atoms with Crippen LogP contribution in [0.4, 0.5) is 0 Å². The minimum absolute atomic E-state index is 0.0379. The smallest absolute Gasteiger partial charge is 0.359 e. The van der Waals surface area contributed by atoms with Gasteiger partial charge in [-0.2, -0.15) is 5.10 Å². The van der Waals surface area contributed by atoms with E-state index >= 15 is 0 Å². The predicted molar refractivity (Wildman–Crippen MR) is 95.6 cm³/mol. The molecule has 3 rings (SSSR count). The van der Waals surface area contributed by atoms with Crippen LogP contribution in [0.15, 0.2) is 59.4 Å². The number of carbonyl (C=O) groups is 2. The van der Waals surface area contributed by atoms with Crippen molar-refractivity contribution < 1.29 is 14.3 Å². The maximum atomic E-state index is 12.2. The number of hydrogen-bond donors (Lipinski definition) is 2. The van der Waals surface area contributed by atoms with Gasteiger partial charge in [0.05, 0.1) is 11.4 Å². The summed E-state index contributed by atoms with van der Waals surface area (Å²) in [5.74, 6) is -1.21. The molecule has 26 heavy (non-hydrogen) atoms. The van der Waals surface area contributed by atoms with Gasteiger partial charge in [-0.3, -0.25) is 9.59 Å². The van der Waals surface area contributed by atoms with E-state index in [0.717, 1.165) is 5.56 Å². The minimum Gasteiger partial charge on any atom is -0.451 e. The summed E-state index contributed by atoms with van der Waals surface area (Å²) in [4.78, 5) is 36.0. The third-order valence-electron chi connectivity index (χ3n) is 3.90. The zero-order chi connectivity index (χ0) is 18.5. The van der Waals surface area contributed by atoms with E-state index in [-0.39, 0.29) is 11.7 Å². The fourth-order valence-electron chi connectivity index (χ4n) is 2.58. The molecule has 0 aliphatic rings. The second kappa shape index (κ2) is 7.60. The number of aromatic amines is 1. The SMILES string of the molecule is C[C@@H](NC(=O)COC(=O)c1n[nH]c(=O)c2ccccc12)c1ccccc1. The van der Waals surface area contributed by atoms with E-state index in [1.54, 1.807) is 24.3 Å². The van der Waals surface area contributed by atoms with Crippen LogP contribution in [-0.2, 0) is 9.53 Å². The zero-order valence-electron chi connectivity index (χ0n) is 14.1. The van der Waals surface area contributed by atoms with Crippen molar-refractivity contribution in [1.29, 1.82) is 0 Å². The standard InChI is InChI=1S/C19H17N3O4/c1-12(13-7-3-2-4-8-13)20-16(23)11-26-19(25)17-14-9-5-6-10-15(14)18(24)22-21-17/h2-10,12H,11H2,1H3,(H,20,23)(H,22,24)/t12-/m1/s1. The number of fused-ring (bicyclic) bond motifs is 1. The minimum atomic E-state index is -0.778. The van der Waals surface area contributed by atoms with Gasteiger partial charge in [0.15, 0.2) is 12.3 Å². The average Bonchev–Trinajstić information content (AvgIpc) is 2.67. The molecule has 0 spiro atoms. The molecule has 0 bridgehead atoms. The molecule has 132 valence electrons. The van der Waals surface area contributed by atoms with Gasteiger partial charge in [0, 0.05) is 5.39 Å². The first-order valence-electron chi connectivity index (χ1n) is 8.05. The van der Waals surface area contributed by atoms with E-state index in [1.807, 2.05) is 37.3 Å². The van der Waals surface area contributed by atoms with Crippen LogP contribution < -0.4 is 10.9 Å². The first kappa shape index (κ1) is 17.3. The van der Waals surface area contributed by atoms with E-state index in [2.05, 4.69) is 15.5 Å². The number of H-pyrrole nitrogens is 1. The van der Waals surface area contributed by atoms with Gasteiger partial charge >= 0.3 is 5.97 Å². The Morgan fingerprint density at radius 2 is 1.73 bits per heavy atom. The number of amides is 1. The summed E-state index contributed by atoms with van der Waals surface area (Å²) < 4.78 is 5.04. The van der Waals surface area contributed by atoms with Gasteiger partial charge in [-0.25, -0.2) is 9.89 Å². The van der Waals surface area contributed by atoms with Crippen molar-refractivity contribution in [3.8, 4) is 0 Å². The Kier molecular flexibility index (Phi) is 5.07. The number of hydrogen-bond acceptors (Lipinski definition) is 5. The molecule has 0 unspecified atom stereocenters. The summed E-state index contributed by atoms with van der Waals surface area (Å²) in [5.41, 5.74) is 0.510. The van der Waals surface area contributed by atoms with E-state index in [9.17, 15) is 14.4 Å². The fraction of sp³-hybridized carbons (Fsp3) is 0.158. The van der Waals surface area contributed by atoms with Gasteiger partial charge in [-0.15, -0.1) is 0 Å². The van der Waals surface area contributed by atoms with Crippen LogP contribution in [0.1, 0.15) is 29.0 Å². The number of nitrogens with one attached hydrogen (secondary N) is 2. The lowest BCUT2D eigenvalue weighted by atomic mass is 10.1. The molecule has 0 fully saturated rings. The monoisotopic (exact) mass is 351 g/mol. The van der Waals surface area contributed by atoms with Crippen molar-refractivity contribution >= 4 is 22.6 Å². The highest BCUT2D eigenvalue weighted by atomic mass is 16.5. The van der Waals surface area contributed by atoms with Gasteiger partial charge in [-0.1, -0.05) is 48.5 Å². The molecule has 1 aromatic heterocycles. The number of benzene rings is 2. The van der Waals surface area contributed by atoms with Crippen LogP contribution in [0.3, 0.4) is 0 Å². The molecular formula is C19H17N3O4. The van der Waals surface area contributed by atoms with Crippen LogP contribution in [0.25, 0.3) is 10.8 Å². The maximum absolute atomic E-state index is 12.2. The molecule has 1 heterocycles. The van der Waals surface area contributed by atoms with Gasteiger partial charge < -0.3 is 10.1 Å². The topological polar surface area (TPSA) is 101 Å². The van der Waals surface area contributed by atoms with Gasteiger partial charge in [0.25, 0.3) is 11.5 Å². The first-order chi connectivity index (χ1) is 12.6. The molecule has 0 radical (unpaired) electrons. The van der Waals surface area contributed by atoms with Crippen LogP contribution in [0, 0.1) is 0 Å². The number of aromatic nitrogens is 2. The van der Waals surface area contributed by atoms with Gasteiger partial charge in [-0.05, 0) is 18.6 Å². The van der Waals surface area contributed by atoms with Crippen molar-refractivity contribution in [2.45, 2.75) is 13.0 Å². The lowest BCUT2D eigenvalue weighted by Crippen LogP contribution is -2.31. The van der Waals surface area contributed by atoms with Crippen LogP contribution in [0.2, 0.25) is 0 Å². The highest BCUT2D eigenvalue weighted by molar-refractivity contribution is 6.02. The summed E-state index contributed by atoms with van der Waals surface area (Å²) in [5, 5.41) is 9.47. The third-order valence-corrected chi connectivity index (χ3v) is 3.90. The Labute approximate surface area is 149 Å². The quantitative estimate of drug-likeness (QED) is 0.684. The average molecular weight is 351 g/mol. The highest BCUT2D eigenvalue weighted by Crippen LogP contribution is 2.14. The number of ether oxygens (including phenoxy) is 1. The van der Waals surface area contributed by atoms with E-state index in [0.29, 0.717) is 10.8 Å². The molecule has 2 aromatic carbocycles. The number of esters is 1. The Morgan fingerprint density at radius 1 is 1.08 bits per heavy atom. The van der Waals surface area contributed by atoms with E-state index < -0.39 is 24.0 Å².